The maximum atomic E-state index is 13.3. The number of hydrogen-bond acceptors (Lipinski definition) is 4. The number of carbonyl (C=O) groups excluding carboxylic acids is 1. The van der Waals surface area contributed by atoms with Crippen LogP contribution in [0.25, 0.3) is 0 Å². The fraction of sp³-hybridized carbons (Fsp3) is 0.333. The van der Waals surface area contributed by atoms with E-state index in [-0.39, 0.29) is 28.3 Å². The fourth-order valence-electron chi connectivity index (χ4n) is 1.91. The number of hydrogen-bond donors (Lipinski definition) is 2. The first-order chi connectivity index (χ1) is 13.3. The highest BCUT2D eigenvalue weighted by atomic mass is 32.2. The molecule has 1 aromatic heterocycles. The standard InChI is InChI=1S/C14H13FN4O3S.C4H8F2/c1-17-23(21,22)11-6-13(19(2)8-11)14(20)18-10-3-4-12(15)9(5-10)7-16;1-3-4(2,5)6/h3-6,8,17H,1-2H3,(H,18,20);3H2,1-2H3. The quantitative estimate of drug-likeness (QED) is 0.760. The Morgan fingerprint density at radius 2 is 1.90 bits per heavy atom. The minimum atomic E-state index is -3.67. The zero-order valence-corrected chi connectivity index (χ0v) is 17.1. The van der Waals surface area contributed by atoms with Crippen molar-refractivity contribution in [2.45, 2.75) is 31.1 Å². The molecule has 0 radical (unpaired) electrons. The van der Waals surface area contributed by atoms with E-state index in [1.54, 1.807) is 6.07 Å². The van der Waals surface area contributed by atoms with Gasteiger partial charge in [0.1, 0.15) is 22.5 Å². The van der Waals surface area contributed by atoms with Crippen molar-refractivity contribution in [3.05, 3.63) is 47.5 Å². The number of aryl methyl sites for hydroxylation is 1. The highest BCUT2D eigenvalue weighted by Crippen LogP contribution is 2.17. The third kappa shape index (κ3) is 6.92. The molecule has 1 aromatic carbocycles. The molecule has 1 amide bonds. The average Bonchev–Trinajstić information content (AvgIpc) is 3.06. The molecule has 0 aliphatic carbocycles. The first-order valence-corrected chi connectivity index (χ1v) is 9.81. The van der Waals surface area contributed by atoms with E-state index in [4.69, 9.17) is 5.26 Å². The van der Waals surface area contributed by atoms with Crippen LogP contribution in [0.15, 0.2) is 35.4 Å². The smallest absolute Gasteiger partial charge is 0.272 e. The SMILES string of the molecule is CCC(C)(F)F.CNS(=O)(=O)c1cc(C(=O)Nc2ccc(F)c(C#N)c2)n(C)c1. The Bertz CT molecular complexity index is 1020. The van der Waals surface area contributed by atoms with Crippen molar-refractivity contribution in [1.82, 2.24) is 9.29 Å². The number of aromatic nitrogens is 1. The van der Waals surface area contributed by atoms with E-state index in [0.29, 0.717) is 0 Å². The van der Waals surface area contributed by atoms with Crippen molar-refractivity contribution in [2.24, 2.45) is 7.05 Å². The van der Waals surface area contributed by atoms with Gasteiger partial charge in [-0.25, -0.2) is 26.3 Å². The van der Waals surface area contributed by atoms with E-state index in [1.807, 2.05) is 0 Å². The molecule has 0 spiro atoms. The summed E-state index contributed by atoms with van der Waals surface area (Å²) < 4.78 is 63.1. The second-order valence-electron chi connectivity index (χ2n) is 6.06. The number of nitriles is 1. The molecule has 2 N–H and O–H groups in total. The number of benzene rings is 1. The van der Waals surface area contributed by atoms with Crippen LogP contribution in [0.5, 0.6) is 0 Å². The number of nitrogens with zero attached hydrogens (tertiary/aromatic N) is 2. The normalized spacial score (nSPS) is 11.2. The van der Waals surface area contributed by atoms with E-state index in [2.05, 4.69) is 10.0 Å². The number of sulfonamides is 1. The summed E-state index contributed by atoms with van der Waals surface area (Å²) in [6.45, 7) is 2.37. The lowest BCUT2D eigenvalue weighted by molar-refractivity contribution is 0.0181. The Morgan fingerprint density at radius 1 is 1.31 bits per heavy atom. The van der Waals surface area contributed by atoms with Crippen LogP contribution in [0.2, 0.25) is 0 Å². The minimum Gasteiger partial charge on any atom is -0.345 e. The number of halogens is 3. The average molecular weight is 430 g/mol. The first-order valence-electron chi connectivity index (χ1n) is 8.33. The number of amides is 1. The van der Waals surface area contributed by atoms with E-state index in [9.17, 15) is 26.4 Å². The Labute approximate surface area is 167 Å². The van der Waals surface area contributed by atoms with Crippen LogP contribution in [0.1, 0.15) is 36.3 Å². The molecule has 0 aliphatic heterocycles. The molecular weight excluding hydrogens is 409 g/mol. The molecule has 0 fully saturated rings. The van der Waals surface area contributed by atoms with Crippen molar-refractivity contribution in [3.63, 3.8) is 0 Å². The van der Waals surface area contributed by atoms with Gasteiger partial charge < -0.3 is 9.88 Å². The van der Waals surface area contributed by atoms with E-state index in [0.717, 1.165) is 13.0 Å². The largest absolute Gasteiger partial charge is 0.345 e. The molecule has 1 heterocycles. The molecule has 0 unspecified atom stereocenters. The van der Waals surface area contributed by atoms with Crippen molar-refractivity contribution >= 4 is 21.6 Å². The first kappa shape index (κ1) is 24.2. The third-order valence-electron chi connectivity index (χ3n) is 3.76. The number of rotatable bonds is 5. The predicted molar refractivity (Wildman–Crippen MR) is 102 cm³/mol. The molecule has 0 saturated carbocycles. The summed E-state index contributed by atoms with van der Waals surface area (Å²) in [4.78, 5) is 12.2. The van der Waals surface area contributed by atoms with Gasteiger partial charge in [-0.1, -0.05) is 6.92 Å². The number of nitrogens with one attached hydrogen (secondary N) is 2. The predicted octanol–water partition coefficient (Wildman–Crippen LogP) is 3.25. The summed E-state index contributed by atoms with van der Waals surface area (Å²) in [5.74, 6) is -3.73. The number of carbonyl (C=O) groups is 1. The van der Waals surface area contributed by atoms with Crippen LogP contribution >= 0.6 is 0 Å². The molecule has 29 heavy (non-hydrogen) atoms. The molecule has 2 aromatic rings. The van der Waals surface area contributed by atoms with Crippen molar-refractivity contribution in [1.29, 1.82) is 5.26 Å². The van der Waals surface area contributed by atoms with Crippen molar-refractivity contribution in [3.8, 4) is 6.07 Å². The van der Waals surface area contributed by atoms with Crippen LogP contribution in [0.3, 0.4) is 0 Å². The highest BCUT2D eigenvalue weighted by Gasteiger charge is 2.19. The Hall–Kier alpha value is -2.84. The van der Waals surface area contributed by atoms with Crippen LogP contribution in [-0.4, -0.2) is 31.9 Å². The van der Waals surface area contributed by atoms with Gasteiger partial charge in [0.15, 0.2) is 0 Å². The number of anilines is 1. The third-order valence-corrected chi connectivity index (χ3v) is 5.14. The van der Waals surface area contributed by atoms with Gasteiger partial charge in [-0.2, -0.15) is 5.26 Å². The van der Waals surface area contributed by atoms with Gasteiger partial charge in [0, 0.05) is 25.4 Å². The topological polar surface area (TPSA) is 104 Å². The van der Waals surface area contributed by atoms with Gasteiger partial charge in [-0.3, -0.25) is 4.79 Å². The van der Waals surface area contributed by atoms with Gasteiger partial charge in [-0.15, -0.1) is 0 Å². The van der Waals surface area contributed by atoms with Crippen molar-refractivity contribution < 1.29 is 26.4 Å². The van der Waals surface area contributed by atoms with Gasteiger partial charge in [-0.05, 0) is 38.2 Å². The Balaban J connectivity index is 0.000000612. The summed E-state index contributed by atoms with van der Waals surface area (Å²) in [7, 11) is -0.875. The van der Waals surface area contributed by atoms with Gasteiger partial charge >= 0.3 is 0 Å². The zero-order chi connectivity index (χ0) is 22.4. The fourth-order valence-corrected chi connectivity index (χ4v) is 2.71. The summed E-state index contributed by atoms with van der Waals surface area (Å²) >= 11 is 0. The lowest BCUT2D eigenvalue weighted by Crippen LogP contribution is -2.18. The minimum absolute atomic E-state index is 0.0514. The molecular formula is C18H21F3N4O3S. The lowest BCUT2D eigenvalue weighted by Gasteiger charge is -2.06. The summed E-state index contributed by atoms with van der Waals surface area (Å²) in [6.07, 6.45) is 1.24. The maximum Gasteiger partial charge on any atom is 0.272 e. The molecule has 0 saturated heterocycles. The molecule has 7 nitrogen and oxygen atoms in total. The van der Waals surface area contributed by atoms with E-state index in [1.165, 1.54) is 50.0 Å². The molecule has 0 atom stereocenters. The van der Waals surface area contributed by atoms with Crippen molar-refractivity contribution in [2.75, 3.05) is 12.4 Å². The number of alkyl halides is 2. The summed E-state index contributed by atoms with van der Waals surface area (Å²) in [5.41, 5.74) is 0.127. The van der Waals surface area contributed by atoms with Crippen LogP contribution in [-0.2, 0) is 17.1 Å². The van der Waals surface area contributed by atoms with Gasteiger partial charge in [0.05, 0.1) is 5.56 Å². The van der Waals surface area contributed by atoms with Gasteiger partial charge in [0.2, 0.25) is 15.9 Å². The molecule has 2 rings (SSSR count). The summed E-state index contributed by atoms with van der Waals surface area (Å²) in [6, 6.07) is 6.46. The van der Waals surface area contributed by atoms with E-state index < -0.39 is 27.7 Å². The molecule has 0 bridgehead atoms. The Morgan fingerprint density at radius 3 is 2.38 bits per heavy atom. The van der Waals surface area contributed by atoms with E-state index >= 15 is 0 Å². The molecule has 158 valence electrons. The molecule has 11 heteroatoms. The van der Waals surface area contributed by atoms with Gasteiger partial charge in [0.25, 0.3) is 5.91 Å². The lowest BCUT2D eigenvalue weighted by atomic mass is 10.2. The second kappa shape index (κ2) is 9.58. The monoisotopic (exact) mass is 430 g/mol. The second-order valence-corrected chi connectivity index (χ2v) is 7.95. The maximum absolute atomic E-state index is 13.3. The summed E-state index contributed by atoms with van der Waals surface area (Å²) in [5, 5.41) is 11.3. The van der Waals surface area contributed by atoms with Crippen LogP contribution in [0, 0.1) is 17.1 Å². The highest BCUT2D eigenvalue weighted by molar-refractivity contribution is 7.89. The van der Waals surface area contributed by atoms with Crippen LogP contribution in [0.4, 0.5) is 18.9 Å². The Kier molecular flexibility index (Phi) is 7.99. The molecule has 0 aliphatic rings. The zero-order valence-electron chi connectivity index (χ0n) is 16.3. The van der Waals surface area contributed by atoms with Crippen LogP contribution < -0.4 is 10.0 Å².